The molecule has 0 aromatic rings. The first-order chi connectivity index (χ1) is 0. The zero-order valence-electron chi connectivity index (χ0n) is 9.74. The molecule has 0 amide bonds. The van der Waals surface area contributed by atoms with E-state index in [4.69, 9.17) is 0 Å². The van der Waals surface area contributed by atoms with Crippen molar-refractivity contribution in [1.82, 2.24) is 0 Å². The van der Waals surface area contributed by atoms with Crippen LogP contribution in [0.2, 0.25) is 0 Å². The molecule has 0 N–H and O–H groups in total. The largest absolute Gasteiger partial charge is 2.00 e. The molecule has 0 spiro atoms. The van der Waals surface area contributed by atoms with Crippen LogP contribution < -0.4 is 276 Å². The SMILES string of the molecule is [Cl-].[Cl-].[Cl-].[Cl-].[Cl-].[Cl-].[Cl-].[Cl-].[Cl-].[Cl-].[Cl-].[Cl-].[Cl-].[Cl-].[K+].[K+].[Mo+2].[Mo+2].[Mo+2].[Mo+2].[Mo+2].[Mo+2]. The Labute approximate surface area is 392 Å². The van der Waals surface area contributed by atoms with Gasteiger partial charge in [-0.15, -0.1) is 0 Å². The zero-order valence-corrected chi connectivity index (χ0v) is 38.6. The van der Waals surface area contributed by atoms with E-state index < -0.39 is 0 Å². The number of rotatable bonds is 0. The average Bonchev–Trinajstić information content (AvgIpc) is 0. The van der Waals surface area contributed by atoms with E-state index >= 15 is 0 Å². The van der Waals surface area contributed by atoms with Crippen LogP contribution in [0.3, 0.4) is 0 Å². The minimum atomic E-state index is 0. The molecule has 0 nitrogen and oxygen atoms in total. The third-order valence-electron chi connectivity index (χ3n) is 0. The molecule has 0 heterocycles. The second-order valence-corrected chi connectivity index (χ2v) is 0. The number of hydrogen-bond acceptors (Lipinski definition) is 0. The van der Waals surface area contributed by atoms with Gasteiger partial charge in [0.1, 0.15) is 0 Å². The van der Waals surface area contributed by atoms with Crippen molar-refractivity contribution in [3.63, 3.8) is 0 Å². The van der Waals surface area contributed by atoms with Gasteiger partial charge in [-0.05, 0) is 0 Å². The Morgan fingerprint density at radius 2 is 0.136 bits per heavy atom. The third-order valence-corrected chi connectivity index (χ3v) is 0. The molecule has 0 rings (SSSR count). The standard InChI is InChI=1S/14ClH.2K.6Mo/h14*1H;;;;;;;;/q;;;;;;;;;;;;;;2*+1;6*+2/p-14. The van der Waals surface area contributed by atoms with Gasteiger partial charge in [-0.3, -0.25) is 0 Å². The van der Waals surface area contributed by atoms with Crippen LogP contribution in [0.4, 0.5) is 0 Å². The fourth-order valence-corrected chi connectivity index (χ4v) is 0. The first-order valence-corrected chi connectivity index (χ1v) is 0. The van der Waals surface area contributed by atoms with Crippen LogP contribution >= 0.6 is 0 Å². The molecule has 136 valence electrons. The Bertz CT molecular complexity index is 27.3. The van der Waals surface area contributed by atoms with Gasteiger partial charge in [-0.25, -0.2) is 0 Å². The Morgan fingerprint density at radius 1 is 0.136 bits per heavy atom. The average molecular weight is 1150 g/mol. The predicted molar refractivity (Wildman–Crippen MR) is 0 cm³/mol. The fourth-order valence-electron chi connectivity index (χ4n) is 0. The minimum absolute atomic E-state index is 0. The van der Waals surface area contributed by atoms with Crippen LogP contribution in [-0.4, -0.2) is 0 Å². The third kappa shape index (κ3) is 222. The molecule has 0 aromatic carbocycles. The summed E-state index contributed by atoms with van der Waals surface area (Å²) in [5.41, 5.74) is 0. The molecule has 22 heavy (non-hydrogen) atoms. The number of halogens is 14. The molecule has 0 aliphatic carbocycles. The van der Waals surface area contributed by atoms with Gasteiger partial charge in [0, 0.05) is 0 Å². The Hall–Kier alpha value is 11.5. The summed E-state index contributed by atoms with van der Waals surface area (Å²) >= 11 is 0. The van der Waals surface area contributed by atoms with E-state index in [9.17, 15) is 0 Å². The summed E-state index contributed by atoms with van der Waals surface area (Å²) in [6, 6.07) is 0. The fraction of sp³-hybridized carbons (Fsp3) is 0. The Kier molecular flexibility index (Phi) is 2980. The zero-order chi connectivity index (χ0) is 0. The summed E-state index contributed by atoms with van der Waals surface area (Å²) in [5.74, 6) is 0. The maximum atomic E-state index is 0. The first kappa shape index (κ1) is 268. The van der Waals surface area contributed by atoms with Gasteiger partial charge < -0.3 is 174 Å². The van der Waals surface area contributed by atoms with Gasteiger partial charge in [0.05, 0.1) is 0 Å². The predicted octanol–water partition coefficient (Wildman–Crippen LogP) is -48.0. The normalized spacial score (nSPS) is 0. The van der Waals surface area contributed by atoms with E-state index in [0.29, 0.717) is 0 Å². The summed E-state index contributed by atoms with van der Waals surface area (Å²) in [4.78, 5) is 0. The molecule has 22 heteroatoms. The summed E-state index contributed by atoms with van der Waals surface area (Å²) < 4.78 is 0. The van der Waals surface area contributed by atoms with Gasteiger partial charge in [0.25, 0.3) is 0 Å². The van der Waals surface area contributed by atoms with Gasteiger partial charge in [0.15, 0.2) is 0 Å². The summed E-state index contributed by atoms with van der Waals surface area (Å²) in [5, 5.41) is 0. The molecular formula is Cl14K2Mo6. The van der Waals surface area contributed by atoms with Crippen LogP contribution in [0.15, 0.2) is 0 Å². The first-order valence-electron chi connectivity index (χ1n) is 0. The van der Waals surface area contributed by atoms with Crippen molar-refractivity contribution in [3.8, 4) is 0 Å². The van der Waals surface area contributed by atoms with Crippen molar-refractivity contribution >= 4 is 0 Å². The minimum Gasteiger partial charge on any atom is -1.00 e. The molecule has 0 radical (unpaired) electrons. The van der Waals surface area contributed by atoms with E-state index in [1.165, 1.54) is 0 Å². The van der Waals surface area contributed by atoms with E-state index in [-0.39, 0.29) is 403 Å². The van der Waals surface area contributed by atoms with Gasteiger partial charge in [-0.1, -0.05) is 0 Å². The van der Waals surface area contributed by atoms with Gasteiger partial charge in [0.2, 0.25) is 0 Å². The van der Waals surface area contributed by atoms with Crippen LogP contribution in [0.25, 0.3) is 0 Å². The van der Waals surface area contributed by atoms with E-state index in [2.05, 4.69) is 0 Å². The van der Waals surface area contributed by atoms with Crippen LogP contribution in [-0.2, 0) is 126 Å². The molecule has 0 atom stereocenters. The van der Waals surface area contributed by atoms with Gasteiger partial charge >= 0.3 is 229 Å². The van der Waals surface area contributed by atoms with Crippen LogP contribution in [0.1, 0.15) is 0 Å². The second kappa shape index (κ2) is 245. The van der Waals surface area contributed by atoms with Crippen molar-refractivity contribution < 1.29 is 403 Å². The quantitative estimate of drug-likeness (QED) is 0.212. The smallest absolute Gasteiger partial charge is 1.00 e. The van der Waals surface area contributed by atoms with Crippen molar-refractivity contribution in [2.75, 3.05) is 0 Å². The van der Waals surface area contributed by atoms with Gasteiger partial charge in [-0.2, -0.15) is 0 Å². The molecule has 0 aliphatic heterocycles. The van der Waals surface area contributed by atoms with Crippen LogP contribution in [0.5, 0.6) is 0 Å². The van der Waals surface area contributed by atoms with Crippen LogP contribution in [0, 0.1) is 0 Å². The molecule has 0 unspecified atom stereocenters. The Balaban J connectivity index is 0. The molecule has 0 bridgehead atoms. The van der Waals surface area contributed by atoms with Crippen molar-refractivity contribution in [3.05, 3.63) is 0 Å². The maximum absolute atomic E-state index is 0. The van der Waals surface area contributed by atoms with Crippen molar-refractivity contribution in [1.29, 1.82) is 0 Å². The second-order valence-electron chi connectivity index (χ2n) is 0. The van der Waals surface area contributed by atoms with E-state index in [1.54, 1.807) is 0 Å². The molecule has 0 aliphatic rings. The topological polar surface area (TPSA) is 0 Å². The van der Waals surface area contributed by atoms with E-state index in [1.807, 2.05) is 0 Å². The monoisotopic (exact) mass is 1150 g/mol. The van der Waals surface area contributed by atoms with Crippen molar-refractivity contribution in [2.24, 2.45) is 0 Å². The van der Waals surface area contributed by atoms with Crippen molar-refractivity contribution in [2.45, 2.75) is 0 Å². The Morgan fingerprint density at radius 3 is 0.136 bits per heavy atom. The molecule has 0 saturated heterocycles. The molecule has 0 fully saturated rings. The maximum Gasteiger partial charge on any atom is 2.00 e. The summed E-state index contributed by atoms with van der Waals surface area (Å²) in [7, 11) is 0. The number of hydrogen-bond donors (Lipinski definition) is 0. The molecular weight excluding hydrogens is 1150 g/mol. The summed E-state index contributed by atoms with van der Waals surface area (Å²) in [6.45, 7) is 0. The molecule has 0 aromatic heterocycles. The molecule has 0 saturated carbocycles. The summed E-state index contributed by atoms with van der Waals surface area (Å²) in [6.07, 6.45) is 0. The van der Waals surface area contributed by atoms with E-state index in [0.717, 1.165) is 0 Å².